The van der Waals surface area contributed by atoms with Crippen LogP contribution in [0.4, 0.5) is 5.82 Å². The van der Waals surface area contributed by atoms with E-state index in [0.717, 1.165) is 56.7 Å². The molecule has 0 unspecified atom stereocenters. The zero-order valence-corrected chi connectivity index (χ0v) is 17.4. The van der Waals surface area contributed by atoms with Crippen LogP contribution in [0, 0.1) is 5.92 Å². The third kappa shape index (κ3) is 3.19. The third-order valence-corrected chi connectivity index (χ3v) is 7.07. The van der Waals surface area contributed by atoms with E-state index in [1.54, 1.807) is 0 Å². The Balaban J connectivity index is 1.31. The van der Waals surface area contributed by atoms with Crippen molar-refractivity contribution in [2.75, 3.05) is 37.7 Å². The van der Waals surface area contributed by atoms with Gasteiger partial charge in [-0.25, -0.2) is 4.98 Å². The van der Waals surface area contributed by atoms with Gasteiger partial charge in [0.15, 0.2) is 0 Å². The van der Waals surface area contributed by atoms with Crippen LogP contribution in [0.5, 0.6) is 0 Å². The quantitative estimate of drug-likeness (QED) is 0.670. The lowest BCUT2D eigenvalue weighted by molar-refractivity contribution is 0.0687. The van der Waals surface area contributed by atoms with Gasteiger partial charge < -0.3 is 9.64 Å². The maximum absolute atomic E-state index is 5.54. The van der Waals surface area contributed by atoms with E-state index in [1.807, 2.05) is 6.20 Å². The van der Waals surface area contributed by atoms with E-state index in [-0.39, 0.29) is 0 Å². The van der Waals surface area contributed by atoms with E-state index in [9.17, 15) is 0 Å². The van der Waals surface area contributed by atoms with Crippen molar-refractivity contribution in [1.29, 1.82) is 0 Å². The van der Waals surface area contributed by atoms with Crippen LogP contribution in [-0.2, 0) is 17.7 Å². The Morgan fingerprint density at radius 1 is 1.03 bits per heavy atom. The van der Waals surface area contributed by atoms with Gasteiger partial charge in [0, 0.05) is 32.0 Å². The van der Waals surface area contributed by atoms with Crippen molar-refractivity contribution in [3.8, 4) is 0 Å². The minimum Gasteiger partial charge on any atom is -0.378 e. The number of aromatic nitrogens is 3. The highest BCUT2D eigenvalue weighted by Crippen LogP contribution is 2.43. The summed E-state index contributed by atoms with van der Waals surface area (Å²) in [5.74, 6) is 1.94. The maximum Gasteiger partial charge on any atom is 0.138 e. The summed E-state index contributed by atoms with van der Waals surface area (Å²) in [5, 5.41) is 0. The van der Waals surface area contributed by atoms with Crippen molar-refractivity contribution in [2.45, 2.75) is 38.3 Å². The SMILES string of the molecule is c1cnc2c(c1)CC[C@@H]1CCCN(Cc3cn4c(N5CCOCC5)cccc4n3)[C@H]21. The van der Waals surface area contributed by atoms with Gasteiger partial charge in [0.2, 0.25) is 0 Å². The highest BCUT2D eigenvalue weighted by Gasteiger charge is 2.37. The lowest BCUT2D eigenvalue weighted by Gasteiger charge is -2.44. The number of likely N-dealkylation sites (tertiary alicyclic amines) is 1. The molecule has 6 rings (SSSR count). The van der Waals surface area contributed by atoms with Crippen LogP contribution in [0.1, 0.15) is 42.3 Å². The van der Waals surface area contributed by atoms with Crippen LogP contribution in [0.25, 0.3) is 5.65 Å². The minimum atomic E-state index is 0.437. The molecule has 2 saturated heterocycles. The average Bonchev–Trinajstić information content (AvgIpc) is 3.22. The Morgan fingerprint density at radius 3 is 2.90 bits per heavy atom. The number of morpholine rings is 1. The first-order valence-corrected chi connectivity index (χ1v) is 11.3. The Morgan fingerprint density at radius 2 is 1.97 bits per heavy atom. The molecule has 0 N–H and O–H groups in total. The molecule has 5 heterocycles. The molecule has 3 aliphatic rings. The number of pyridine rings is 2. The first kappa shape index (κ1) is 18.3. The van der Waals surface area contributed by atoms with E-state index in [2.05, 4.69) is 50.7 Å². The van der Waals surface area contributed by atoms with E-state index < -0.39 is 0 Å². The normalized spacial score (nSPS) is 24.6. The van der Waals surface area contributed by atoms with Crippen LogP contribution in [-0.4, -0.2) is 52.1 Å². The van der Waals surface area contributed by atoms with Crippen LogP contribution >= 0.6 is 0 Å². The molecular formula is C24H29N5O. The smallest absolute Gasteiger partial charge is 0.138 e. The monoisotopic (exact) mass is 403 g/mol. The number of anilines is 1. The second kappa shape index (κ2) is 7.67. The van der Waals surface area contributed by atoms with Crippen LogP contribution in [0.2, 0.25) is 0 Å². The van der Waals surface area contributed by atoms with Gasteiger partial charge in [0.1, 0.15) is 11.5 Å². The number of nitrogens with zero attached hydrogens (tertiary/aromatic N) is 5. The van der Waals surface area contributed by atoms with Crippen molar-refractivity contribution in [2.24, 2.45) is 5.92 Å². The standard InChI is InChI=1S/C24H29N5O/c1-6-21-26-20(17-29(21)22(7-1)27-12-14-30-15-13-27)16-28-11-3-5-19-9-8-18-4-2-10-25-23(18)24(19)28/h1-2,4,6-7,10,17,19,24H,3,5,8-9,11-16H2/t19-,24-/m0/s1. The Labute approximate surface area is 177 Å². The number of fused-ring (bicyclic) bond motifs is 4. The number of ether oxygens (including phenoxy) is 1. The first-order chi connectivity index (χ1) is 14.9. The van der Waals surface area contributed by atoms with Crippen molar-refractivity contribution >= 4 is 11.5 Å². The molecule has 6 nitrogen and oxygen atoms in total. The fraction of sp³-hybridized carbons (Fsp3) is 0.500. The zero-order valence-electron chi connectivity index (χ0n) is 17.4. The van der Waals surface area contributed by atoms with E-state index >= 15 is 0 Å². The Kier molecular flexibility index (Phi) is 4.69. The third-order valence-electron chi connectivity index (χ3n) is 7.07. The van der Waals surface area contributed by atoms with E-state index in [1.165, 1.54) is 42.8 Å². The van der Waals surface area contributed by atoms with Crippen LogP contribution in [0.3, 0.4) is 0 Å². The van der Waals surface area contributed by atoms with Gasteiger partial charge >= 0.3 is 0 Å². The Hall–Kier alpha value is -2.44. The zero-order chi connectivity index (χ0) is 19.9. The molecule has 3 aromatic rings. The maximum atomic E-state index is 5.54. The second-order valence-corrected chi connectivity index (χ2v) is 8.85. The lowest BCUT2D eigenvalue weighted by Crippen LogP contribution is -2.41. The molecule has 0 saturated carbocycles. The molecular weight excluding hydrogens is 374 g/mol. The van der Waals surface area contributed by atoms with Crippen molar-refractivity contribution in [3.05, 3.63) is 59.7 Å². The number of piperidine rings is 1. The van der Waals surface area contributed by atoms with Crippen molar-refractivity contribution < 1.29 is 4.74 Å². The highest BCUT2D eigenvalue weighted by molar-refractivity contribution is 5.52. The molecule has 156 valence electrons. The van der Waals surface area contributed by atoms with Crippen LogP contribution in [0.15, 0.2) is 42.7 Å². The molecule has 0 aromatic carbocycles. The van der Waals surface area contributed by atoms with E-state index in [4.69, 9.17) is 14.7 Å². The molecule has 2 aliphatic heterocycles. The number of aryl methyl sites for hydroxylation is 1. The first-order valence-electron chi connectivity index (χ1n) is 11.3. The summed E-state index contributed by atoms with van der Waals surface area (Å²) in [6.07, 6.45) is 9.26. The molecule has 2 atom stereocenters. The second-order valence-electron chi connectivity index (χ2n) is 8.85. The largest absolute Gasteiger partial charge is 0.378 e. The number of imidazole rings is 1. The summed E-state index contributed by atoms with van der Waals surface area (Å²) in [6.45, 7) is 5.47. The number of rotatable bonds is 3. The molecule has 0 bridgehead atoms. The summed E-state index contributed by atoms with van der Waals surface area (Å²) in [6, 6.07) is 11.2. The van der Waals surface area contributed by atoms with Gasteiger partial charge in [-0.1, -0.05) is 12.1 Å². The number of hydrogen-bond acceptors (Lipinski definition) is 5. The van der Waals surface area contributed by atoms with Gasteiger partial charge in [-0.2, -0.15) is 0 Å². The van der Waals surface area contributed by atoms with Gasteiger partial charge in [0.05, 0.1) is 30.6 Å². The summed E-state index contributed by atoms with van der Waals surface area (Å²) < 4.78 is 7.80. The fourth-order valence-electron chi connectivity index (χ4n) is 5.68. The molecule has 0 amide bonds. The predicted molar refractivity (Wildman–Crippen MR) is 117 cm³/mol. The molecule has 6 heteroatoms. The number of hydrogen-bond donors (Lipinski definition) is 0. The highest BCUT2D eigenvalue weighted by atomic mass is 16.5. The topological polar surface area (TPSA) is 45.9 Å². The fourth-order valence-corrected chi connectivity index (χ4v) is 5.68. The van der Waals surface area contributed by atoms with Gasteiger partial charge in [0.25, 0.3) is 0 Å². The van der Waals surface area contributed by atoms with Gasteiger partial charge in [-0.15, -0.1) is 0 Å². The van der Waals surface area contributed by atoms with Gasteiger partial charge in [-0.05, 0) is 61.9 Å². The van der Waals surface area contributed by atoms with Crippen LogP contribution < -0.4 is 4.90 Å². The predicted octanol–water partition coefficient (Wildman–Crippen LogP) is 3.47. The minimum absolute atomic E-state index is 0.437. The van der Waals surface area contributed by atoms with Crippen molar-refractivity contribution in [3.63, 3.8) is 0 Å². The summed E-state index contributed by atoms with van der Waals surface area (Å²) in [7, 11) is 0. The summed E-state index contributed by atoms with van der Waals surface area (Å²) in [4.78, 5) is 14.9. The van der Waals surface area contributed by atoms with Crippen molar-refractivity contribution in [1.82, 2.24) is 19.3 Å². The average molecular weight is 404 g/mol. The molecule has 0 spiro atoms. The molecule has 2 fully saturated rings. The molecule has 3 aromatic heterocycles. The lowest BCUT2D eigenvalue weighted by atomic mass is 9.77. The summed E-state index contributed by atoms with van der Waals surface area (Å²) in [5.41, 5.74) is 4.94. The van der Waals surface area contributed by atoms with Gasteiger partial charge in [-0.3, -0.25) is 14.3 Å². The summed E-state index contributed by atoms with van der Waals surface area (Å²) >= 11 is 0. The molecule has 30 heavy (non-hydrogen) atoms. The van der Waals surface area contributed by atoms with E-state index in [0.29, 0.717) is 6.04 Å². The molecule has 0 radical (unpaired) electrons. The molecule has 1 aliphatic carbocycles. The Bertz CT molecular complexity index is 1040.